The van der Waals surface area contributed by atoms with Crippen LogP contribution in [0.5, 0.6) is 0 Å². The number of morpholine rings is 1. The fourth-order valence-corrected chi connectivity index (χ4v) is 4.12. The van der Waals surface area contributed by atoms with E-state index in [-0.39, 0.29) is 0 Å². The van der Waals surface area contributed by atoms with Gasteiger partial charge in [0.2, 0.25) is 0 Å². The summed E-state index contributed by atoms with van der Waals surface area (Å²) in [5, 5.41) is 6.32. The molecule has 128 valence electrons. The van der Waals surface area contributed by atoms with Crippen LogP contribution in [0.2, 0.25) is 0 Å². The van der Waals surface area contributed by atoms with Crippen LogP contribution in [0.4, 0.5) is 10.8 Å². The van der Waals surface area contributed by atoms with E-state index in [4.69, 9.17) is 4.74 Å². The van der Waals surface area contributed by atoms with Crippen molar-refractivity contribution in [1.29, 1.82) is 0 Å². The second-order valence-corrected chi connectivity index (χ2v) is 7.58. The molecule has 0 aliphatic carbocycles. The molecule has 0 bridgehead atoms. The second-order valence-electron chi connectivity index (χ2n) is 5.56. The molecule has 1 N–H and O–H groups in total. The van der Waals surface area contributed by atoms with Crippen molar-refractivity contribution >= 4 is 34.1 Å². The molecule has 1 aliphatic rings. The standard InChI is InChI=1S/C18H18N4OS2/c1-3-16(25-22-9-11-23-12-10-22)4-2-15(1)20-18-21-17(13-24-18)14-5-7-19-8-6-14/h1-8,13H,9-12H2,(H,20,21). The molecule has 0 spiro atoms. The van der Waals surface area contributed by atoms with Gasteiger partial charge in [-0.25, -0.2) is 9.29 Å². The van der Waals surface area contributed by atoms with Crippen molar-refractivity contribution in [2.75, 3.05) is 31.6 Å². The number of ether oxygens (including phenoxy) is 1. The van der Waals surface area contributed by atoms with Crippen LogP contribution in [0.25, 0.3) is 11.3 Å². The number of rotatable bonds is 5. The Morgan fingerprint density at radius 1 is 1.04 bits per heavy atom. The Morgan fingerprint density at radius 2 is 1.80 bits per heavy atom. The number of thiazole rings is 1. The monoisotopic (exact) mass is 370 g/mol. The maximum atomic E-state index is 5.38. The first-order valence-corrected chi connectivity index (χ1v) is 9.76. The van der Waals surface area contributed by atoms with E-state index < -0.39 is 0 Å². The molecule has 0 atom stereocenters. The van der Waals surface area contributed by atoms with E-state index >= 15 is 0 Å². The van der Waals surface area contributed by atoms with Gasteiger partial charge in [0.05, 0.1) is 18.9 Å². The second kappa shape index (κ2) is 7.97. The summed E-state index contributed by atoms with van der Waals surface area (Å²) in [5.74, 6) is 0. The molecule has 0 amide bonds. The highest BCUT2D eigenvalue weighted by atomic mass is 32.2. The molecule has 4 rings (SSSR count). The van der Waals surface area contributed by atoms with Crippen LogP contribution in [-0.4, -0.2) is 40.6 Å². The molecule has 0 saturated carbocycles. The Labute approximate surface area is 155 Å². The van der Waals surface area contributed by atoms with Crippen molar-refractivity contribution in [3.8, 4) is 11.3 Å². The zero-order chi connectivity index (χ0) is 16.9. The molecular formula is C18H18N4OS2. The van der Waals surface area contributed by atoms with Crippen molar-refractivity contribution in [2.45, 2.75) is 4.90 Å². The number of nitrogens with one attached hydrogen (secondary N) is 1. The van der Waals surface area contributed by atoms with Crippen LogP contribution in [-0.2, 0) is 4.74 Å². The summed E-state index contributed by atoms with van der Waals surface area (Å²) in [6.07, 6.45) is 3.57. The number of pyridine rings is 1. The molecule has 0 radical (unpaired) electrons. The highest BCUT2D eigenvalue weighted by molar-refractivity contribution is 7.97. The van der Waals surface area contributed by atoms with E-state index in [2.05, 4.69) is 49.2 Å². The van der Waals surface area contributed by atoms with Gasteiger partial charge in [0, 0.05) is 47.0 Å². The van der Waals surface area contributed by atoms with Crippen LogP contribution in [0, 0.1) is 0 Å². The van der Waals surface area contributed by atoms with Crippen molar-refractivity contribution in [3.05, 3.63) is 54.2 Å². The Balaban J connectivity index is 1.39. The largest absolute Gasteiger partial charge is 0.379 e. The summed E-state index contributed by atoms with van der Waals surface area (Å²) in [6, 6.07) is 12.4. The van der Waals surface area contributed by atoms with Gasteiger partial charge in [0.25, 0.3) is 0 Å². The van der Waals surface area contributed by atoms with E-state index in [1.54, 1.807) is 35.7 Å². The average Bonchev–Trinajstić information content (AvgIpc) is 3.14. The molecule has 7 heteroatoms. The van der Waals surface area contributed by atoms with Gasteiger partial charge in [-0.2, -0.15) is 0 Å². The van der Waals surface area contributed by atoms with Gasteiger partial charge in [-0.05, 0) is 48.3 Å². The SMILES string of the molecule is c1cc(-c2csc(Nc3ccc(SN4CCOCC4)cc3)n2)ccn1. The lowest BCUT2D eigenvalue weighted by molar-refractivity contribution is 0.0773. The van der Waals surface area contributed by atoms with Crippen LogP contribution in [0.3, 0.4) is 0 Å². The number of nitrogens with zero attached hydrogens (tertiary/aromatic N) is 3. The van der Waals surface area contributed by atoms with Gasteiger partial charge in [-0.1, -0.05) is 0 Å². The fraction of sp³-hybridized carbons (Fsp3) is 0.222. The van der Waals surface area contributed by atoms with Crippen molar-refractivity contribution in [1.82, 2.24) is 14.3 Å². The first-order chi connectivity index (χ1) is 12.4. The molecule has 3 heterocycles. The van der Waals surface area contributed by atoms with E-state index in [0.29, 0.717) is 0 Å². The highest BCUT2D eigenvalue weighted by Gasteiger charge is 2.11. The molecule has 5 nitrogen and oxygen atoms in total. The average molecular weight is 371 g/mol. The zero-order valence-electron chi connectivity index (χ0n) is 13.6. The Hall–Kier alpha value is -1.93. The van der Waals surface area contributed by atoms with Crippen molar-refractivity contribution in [2.24, 2.45) is 0 Å². The Morgan fingerprint density at radius 3 is 2.56 bits per heavy atom. The van der Waals surface area contributed by atoms with Gasteiger partial charge in [0.1, 0.15) is 0 Å². The number of anilines is 2. The van der Waals surface area contributed by atoms with E-state index in [1.807, 2.05) is 12.1 Å². The molecular weight excluding hydrogens is 352 g/mol. The quantitative estimate of drug-likeness (QED) is 0.676. The zero-order valence-corrected chi connectivity index (χ0v) is 15.2. The summed E-state index contributed by atoms with van der Waals surface area (Å²) in [5.41, 5.74) is 3.09. The molecule has 2 aromatic heterocycles. The van der Waals surface area contributed by atoms with Crippen LogP contribution in [0.15, 0.2) is 59.1 Å². The fourth-order valence-electron chi connectivity index (χ4n) is 2.50. The summed E-state index contributed by atoms with van der Waals surface area (Å²) < 4.78 is 7.72. The van der Waals surface area contributed by atoms with E-state index in [0.717, 1.165) is 48.4 Å². The third-order valence-corrected chi connectivity index (χ3v) is 5.65. The number of aromatic nitrogens is 2. The molecule has 25 heavy (non-hydrogen) atoms. The minimum absolute atomic E-state index is 0.816. The Bertz CT molecular complexity index is 801. The van der Waals surface area contributed by atoms with Crippen molar-refractivity contribution in [3.63, 3.8) is 0 Å². The molecule has 1 aromatic carbocycles. The van der Waals surface area contributed by atoms with Crippen LogP contribution in [0.1, 0.15) is 0 Å². The summed E-state index contributed by atoms with van der Waals surface area (Å²) >= 11 is 3.39. The van der Waals surface area contributed by atoms with Gasteiger partial charge in [0.15, 0.2) is 5.13 Å². The molecule has 1 fully saturated rings. The lowest BCUT2D eigenvalue weighted by atomic mass is 10.2. The smallest absolute Gasteiger partial charge is 0.187 e. The van der Waals surface area contributed by atoms with E-state index in [9.17, 15) is 0 Å². The third kappa shape index (κ3) is 4.38. The Kier molecular flexibility index (Phi) is 5.27. The summed E-state index contributed by atoms with van der Waals surface area (Å²) in [6.45, 7) is 3.58. The number of hydrogen-bond acceptors (Lipinski definition) is 7. The normalized spacial score (nSPS) is 15.2. The van der Waals surface area contributed by atoms with Gasteiger partial charge >= 0.3 is 0 Å². The first-order valence-electron chi connectivity index (χ1n) is 8.10. The molecule has 1 saturated heterocycles. The predicted octanol–water partition coefficient (Wildman–Crippen LogP) is 4.29. The minimum atomic E-state index is 0.816. The van der Waals surface area contributed by atoms with Crippen LogP contribution >= 0.6 is 23.3 Å². The first kappa shape index (κ1) is 16.5. The maximum Gasteiger partial charge on any atom is 0.187 e. The topological polar surface area (TPSA) is 50.3 Å². The third-order valence-electron chi connectivity index (χ3n) is 3.79. The lowest BCUT2D eigenvalue weighted by Gasteiger charge is -2.25. The van der Waals surface area contributed by atoms with Crippen molar-refractivity contribution < 1.29 is 4.74 Å². The predicted molar refractivity (Wildman–Crippen MR) is 103 cm³/mol. The molecule has 1 aliphatic heterocycles. The summed E-state index contributed by atoms with van der Waals surface area (Å²) in [4.78, 5) is 9.93. The lowest BCUT2D eigenvalue weighted by Crippen LogP contribution is -2.30. The minimum Gasteiger partial charge on any atom is -0.379 e. The summed E-state index contributed by atoms with van der Waals surface area (Å²) in [7, 11) is 0. The van der Waals surface area contributed by atoms with Gasteiger partial charge in [-0.3, -0.25) is 4.98 Å². The molecule has 0 unspecified atom stereocenters. The number of hydrogen-bond donors (Lipinski definition) is 1. The van der Waals surface area contributed by atoms with Gasteiger partial charge < -0.3 is 10.1 Å². The maximum absolute atomic E-state index is 5.38. The number of benzene rings is 1. The van der Waals surface area contributed by atoms with Gasteiger partial charge in [-0.15, -0.1) is 11.3 Å². The van der Waals surface area contributed by atoms with E-state index in [1.165, 1.54) is 4.90 Å². The van der Waals surface area contributed by atoms with Crippen LogP contribution < -0.4 is 5.32 Å². The highest BCUT2D eigenvalue weighted by Crippen LogP contribution is 2.29. The molecule has 3 aromatic rings.